The Morgan fingerprint density at radius 3 is 2.27 bits per heavy atom. The highest BCUT2D eigenvalue weighted by Crippen LogP contribution is 2.31. The van der Waals surface area contributed by atoms with Crippen LogP contribution in [0.4, 0.5) is 5.69 Å². The highest BCUT2D eigenvalue weighted by atomic mass is 32.2. The molecule has 0 atom stereocenters. The van der Waals surface area contributed by atoms with Gasteiger partial charge in [0.05, 0.1) is 10.6 Å². The maximum Gasteiger partial charge on any atom is 0.264 e. The Balaban J connectivity index is 1.94. The molecule has 0 saturated carbocycles. The third-order valence-corrected chi connectivity index (χ3v) is 6.21. The van der Waals surface area contributed by atoms with Crippen molar-refractivity contribution in [3.63, 3.8) is 0 Å². The first-order valence-electron chi connectivity index (χ1n) is 7.86. The fourth-order valence-electron chi connectivity index (χ4n) is 3.09. The summed E-state index contributed by atoms with van der Waals surface area (Å²) < 4.78 is 27.3. The Kier molecular flexibility index (Phi) is 3.55. The number of nitrogens with one attached hydrogen (secondary N) is 1. The maximum atomic E-state index is 13.0. The molecule has 4 rings (SSSR count). The van der Waals surface area contributed by atoms with Gasteiger partial charge in [0.15, 0.2) is 0 Å². The van der Waals surface area contributed by atoms with E-state index in [-0.39, 0.29) is 10.5 Å². The lowest BCUT2D eigenvalue weighted by molar-refractivity contribution is 0.0845. The van der Waals surface area contributed by atoms with Gasteiger partial charge in [-0.2, -0.15) is 0 Å². The molecule has 0 unspecified atom stereocenters. The van der Waals surface area contributed by atoms with Gasteiger partial charge < -0.3 is 0 Å². The van der Waals surface area contributed by atoms with Gasteiger partial charge in [0.1, 0.15) is 0 Å². The van der Waals surface area contributed by atoms with Gasteiger partial charge in [-0.25, -0.2) is 8.42 Å². The molecule has 1 aliphatic rings. The van der Waals surface area contributed by atoms with Crippen LogP contribution >= 0.6 is 0 Å². The predicted octanol–water partition coefficient (Wildman–Crippen LogP) is 2.55. The van der Waals surface area contributed by atoms with Crippen LogP contribution in [-0.2, 0) is 10.0 Å². The highest BCUT2D eigenvalue weighted by Gasteiger charge is 2.29. The van der Waals surface area contributed by atoms with E-state index in [0.717, 1.165) is 4.31 Å². The largest absolute Gasteiger partial charge is 0.288 e. The van der Waals surface area contributed by atoms with Crippen LogP contribution < -0.4 is 9.62 Å². The van der Waals surface area contributed by atoms with Crippen molar-refractivity contribution in [1.29, 1.82) is 0 Å². The van der Waals surface area contributed by atoms with Crippen LogP contribution in [0.2, 0.25) is 0 Å². The molecule has 0 bridgehead atoms. The maximum absolute atomic E-state index is 13.0. The Labute approximate surface area is 150 Å². The summed E-state index contributed by atoms with van der Waals surface area (Å²) in [6.45, 7) is 0. The van der Waals surface area contributed by atoms with Crippen LogP contribution in [-0.4, -0.2) is 27.3 Å². The first kappa shape index (κ1) is 16.3. The fraction of sp³-hybridized carbons (Fsp3) is 0.0526. The quantitative estimate of drug-likeness (QED) is 0.722. The molecular formula is C19H14N2O4S. The number of benzene rings is 3. The number of sulfonamides is 1. The molecular weight excluding hydrogens is 352 g/mol. The lowest BCUT2D eigenvalue weighted by Gasteiger charge is -2.22. The lowest BCUT2D eigenvalue weighted by Crippen LogP contribution is -2.35. The number of anilines is 1. The number of hydrogen-bond acceptors (Lipinski definition) is 4. The third-order valence-electron chi connectivity index (χ3n) is 4.44. The summed E-state index contributed by atoms with van der Waals surface area (Å²) in [5.41, 5.74) is 1.05. The van der Waals surface area contributed by atoms with Gasteiger partial charge in [-0.15, -0.1) is 0 Å². The van der Waals surface area contributed by atoms with E-state index in [2.05, 4.69) is 5.32 Å². The Morgan fingerprint density at radius 2 is 1.54 bits per heavy atom. The molecule has 1 heterocycles. The van der Waals surface area contributed by atoms with E-state index >= 15 is 0 Å². The van der Waals surface area contributed by atoms with E-state index in [1.807, 2.05) is 0 Å². The molecule has 7 heteroatoms. The molecule has 0 fully saturated rings. The van der Waals surface area contributed by atoms with Crippen molar-refractivity contribution in [3.8, 4) is 0 Å². The van der Waals surface area contributed by atoms with Crippen LogP contribution in [0.25, 0.3) is 10.8 Å². The van der Waals surface area contributed by atoms with Gasteiger partial charge in [0.25, 0.3) is 21.8 Å². The van der Waals surface area contributed by atoms with E-state index in [1.165, 1.54) is 19.2 Å². The molecule has 3 aromatic rings. The zero-order valence-electron chi connectivity index (χ0n) is 13.8. The minimum atomic E-state index is -3.87. The molecule has 0 saturated heterocycles. The van der Waals surface area contributed by atoms with Gasteiger partial charge in [-0.05, 0) is 35.7 Å². The molecule has 26 heavy (non-hydrogen) atoms. The zero-order valence-corrected chi connectivity index (χ0v) is 14.6. The van der Waals surface area contributed by atoms with Gasteiger partial charge in [0.2, 0.25) is 0 Å². The second kappa shape index (κ2) is 5.67. The Hall–Kier alpha value is -3.19. The molecule has 2 amide bonds. The molecule has 1 aliphatic heterocycles. The van der Waals surface area contributed by atoms with Gasteiger partial charge in [-0.3, -0.25) is 19.2 Å². The summed E-state index contributed by atoms with van der Waals surface area (Å²) in [6, 6.07) is 16.4. The number of nitrogens with zero attached hydrogens (tertiary/aromatic N) is 1. The van der Waals surface area contributed by atoms with E-state index in [4.69, 9.17) is 0 Å². The Morgan fingerprint density at radius 1 is 0.846 bits per heavy atom. The van der Waals surface area contributed by atoms with Crippen molar-refractivity contribution in [1.82, 2.24) is 5.32 Å². The highest BCUT2D eigenvalue weighted by molar-refractivity contribution is 7.92. The van der Waals surface area contributed by atoms with E-state index in [9.17, 15) is 18.0 Å². The lowest BCUT2D eigenvalue weighted by atomic mass is 9.95. The van der Waals surface area contributed by atoms with Crippen molar-refractivity contribution >= 4 is 38.3 Å². The first-order valence-corrected chi connectivity index (χ1v) is 9.30. The van der Waals surface area contributed by atoms with E-state index in [1.54, 1.807) is 48.5 Å². The summed E-state index contributed by atoms with van der Waals surface area (Å²) in [5, 5.41) is 3.25. The van der Waals surface area contributed by atoms with Gasteiger partial charge in [0, 0.05) is 23.6 Å². The number of para-hydroxylation sites is 1. The smallest absolute Gasteiger partial charge is 0.264 e. The number of carbonyl (C=O) groups is 2. The minimum absolute atomic E-state index is 0.00648. The monoisotopic (exact) mass is 366 g/mol. The van der Waals surface area contributed by atoms with Crippen molar-refractivity contribution in [3.05, 3.63) is 71.8 Å². The summed E-state index contributed by atoms with van der Waals surface area (Å²) in [7, 11) is -2.41. The summed E-state index contributed by atoms with van der Waals surface area (Å²) in [5.74, 6) is -1.08. The molecule has 1 N–H and O–H groups in total. The fourth-order valence-corrected chi connectivity index (χ4v) is 4.35. The van der Waals surface area contributed by atoms with E-state index < -0.39 is 21.8 Å². The molecule has 0 spiro atoms. The zero-order chi connectivity index (χ0) is 18.5. The normalized spacial score (nSPS) is 13.6. The first-order chi connectivity index (χ1) is 12.4. The molecule has 6 nitrogen and oxygen atoms in total. The average Bonchev–Trinajstić information content (AvgIpc) is 2.65. The summed E-state index contributed by atoms with van der Waals surface area (Å²) in [4.78, 5) is 24.3. The number of imide groups is 1. The van der Waals surface area contributed by atoms with Crippen LogP contribution in [0.1, 0.15) is 20.7 Å². The molecule has 3 aromatic carbocycles. The number of amides is 2. The van der Waals surface area contributed by atoms with Gasteiger partial charge in [-0.1, -0.05) is 30.3 Å². The van der Waals surface area contributed by atoms with Gasteiger partial charge >= 0.3 is 0 Å². The van der Waals surface area contributed by atoms with Crippen molar-refractivity contribution in [2.24, 2.45) is 0 Å². The van der Waals surface area contributed by atoms with Crippen molar-refractivity contribution in [2.75, 3.05) is 11.4 Å². The van der Waals surface area contributed by atoms with Crippen LogP contribution in [0, 0.1) is 0 Å². The predicted molar refractivity (Wildman–Crippen MR) is 97.8 cm³/mol. The standard InChI is InChI=1S/C19H14N2O4S/c1-21(13-7-3-2-4-8-13)26(24,25)14-10-12-6-5-9-15-17(12)16(11-14)19(23)20-18(15)22/h2-11H,1H3,(H,20,22,23). The summed E-state index contributed by atoms with van der Waals surface area (Å²) in [6.07, 6.45) is 0. The third kappa shape index (κ3) is 2.36. The number of rotatable bonds is 3. The number of carbonyl (C=O) groups excluding carboxylic acids is 2. The SMILES string of the molecule is CN(c1ccccc1)S(=O)(=O)c1cc2c3c(cccc3c1)C(=O)NC2=O. The van der Waals surface area contributed by atoms with Crippen LogP contribution in [0.15, 0.2) is 65.6 Å². The molecule has 0 radical (unpaired) electrons. The average molecular weight is 366 g/mol. The molecule has 130 valence electrons. The number of hydrogen-bond donors (Lipinski definition) is 1. The second-order valence-corrected chi connectivity index (χ2v) is 7.94. The minimum Gasteiger partial charge on any atom is -0.288 e. The summed E-state index contributed by atoms with van der Waals surface area (Å²) >= 11 is 0. The van der Waals surface area contributed by atoms with E-state index in [0.29, 0.717) is 22.0 Å². The van der Waals surface area contributed by atoms with Crippen LogP contribution in [0.3, 0.4) is 0 Å². The molecule has 0 aliphatic carbocycles. The molecule has 0 aromatic heterocycles. The van der Waals surface area contributed by atoms with Crippen molar-refractivity contribution in [2.45, 2.75) is 4.90 Å². The Bertz CT molecular complexity index is 1170. The topological polar surface area (TPSA) is 83.6 Å². The van der Waals surface area contributed by atoms with Crippen molar-refractivity contribution < 1.29 is 18.0 Å². The van der Waals surface area contributed by atoms with Crippen LogP contribution in [0.5, 0.6) is 0 Å². The second-order valence-electron chi connectivity index (χ2n) is 5.97.